The van der Waals surface area contributed by atoms with Crippen LogP contribution in [0.15, 0.2) is 42.7 Å². The van der Waals surface area contributed by atoms with Gasteiger partial charge in [0.1, 0.15) is 0 Å². The van der Waals surface area contributed by atoms with Crippen LogP contribution in [0, 0.1) is 0 Å². The van der Waals surface area contributed by atoms with E-state index in [2.05, 4.69) is 10.3 Å². The molecule has 0 spiro atoms. The Morgan fingerprint density at radius 3 is 2.35 bits per heavy atom. The molecule has 1 heterocycles. The zero-order valence-corrected chi connectivity index (χ0v) is 9.98. The lowest BCUT2D eigenvalue weighted by molar-refractivity contribution is -0.137. The molecule has 0 saturated carbocycles. The number of halogens is 3. The van der Waals surface area contributed by atoms with Gasteiger partial charge in [0.05, 0.1) is 23.0 Å². The van der Waals surface area contributed by atoms with Crippen LogP contribution >= 0.6 is 0 Å². The number of aromatic nitrogens is 1. The zero-order chi connectivity index (χ0) is 14.8. The van der Waals surface area contributed by atoms with Crippen molar-refractivity contribution >= 4 is 17.3 Å². The molecule has 1 aromatic carbocycles. The lowest BCUT2D eigenvalue weighted by Gasteiger charge is -2.10. The Kier molecular flexibility index (Phi) is 3.60. The molecule has 1 aromatic heterocycles. The number of carboxylic acids is 1. The molecule has 4 nitrogen and oxygen atoms in total. The molecular weight excluding hydrogens is 273 g/mol. The molecular formula is C13H9F3N2O2. The van der Waals surface area contributed by atoms with E-state index >= 15 is 0 Å². The second-order valence-electron chi connectivity index (χ2n) is 3.93. The highest BCUT2D eigenvalue weighted by atomic mass is 19.4. The lowest BCUT2D eigenvalue weighted by Crippen LogP contribution is -2.05. The summed E-state index contributed by atoms with van der Waals surface area (Å²) < 4.78 is 37.2. The molecule has 0 saturated heterocycles. The van der Waals surface area contributed by atoms with Crippen molar-refractivity contribution < 1.29 is 23.1 Å². The number of anilines is 2. The van der Waals surface area contributed by atoms with Crippen molar-refractivity contribution in [2.75, 3.05) is 5.32 Å². The molecule has 20 heavy (non-hydrogen) atoms. The Balaban J connectivity index is 2.25. The standard InChI is InChI=1S/C13H9F3N2O2/c14-13(15,16)8-1-3-9(4-2-8)18-11-7-17-6-5-10(11)12(19)20/h1-7,18H,(H,19,20). The van der Waals surface area contributed by atoms with E-state index in [0.29, 0.717) is 5.69 Å². The first-order valence-electron chi connectivity index (χ1n) is 5.49. The molecule has 2 N–H and O–H groups in total. The Morgan fingerprint density at radius 2 is 1.80 bits per heavy atom. The Labute approximate surface area is 111 Å². The van der Waals surface area contributed by atoms with Gasteiger partial charge in [0.2, 0.25) is 0 Å². The number of benzene rings is 1. The van der Waals surface area contributed by atoms with Crippen LogP contribution < -0.4 is 5.32 Å². The first kappa shape index (κ1) is 13.9. The third-order valence-electron chi connectivity index (χ3n) is 2.54. The maximum Gasteiger partial charge on any atom is 0.416 e. The zero-order valence-electron chi connectivity index (χ0n) is 9.98. The number of hydrogen-bond donors (Lipinski definition) is 2. The van der Waals surface area contributed by atoms with Gasteiger partial charge in [-0.15, -0.1) is 0 Å². The van der Waals surface area contributed by atoms with Crippen molar-refractivity contribution in [2.45, 2.75) is 6.18 Å². The smallest absolute Gasteiger partial charge is 0.416 e. The Bertz CT molecular complexity index is 624. The number of hydrogen-bond acceptors (Lipinski definition) is 3. The van der Waals surface area contributed by atoms with E-state index in [0.717, 1.165) is 12.1 Å². The molecule has 0 amide bonds. The maximum absolute atomic E-state index is 12.4. The van der Waals surface area contributed by atoms with Crippen LogP contribution in [0.1, 0.15) is 15.9 Å². The summed E-state index contributed by atoms with van der Waals surface area (Å²) in [5.41, 5.74) is -0.235. The van der Waals surface area contributed by atoms with Crippen LogP contribution in [0.4, 0.5) is 24.5 Å². The van der Waals surface area contributed by atoms with E-state index in [1.54, 1.807) is 0 Å². The Hall–Kier alpha value is -2.57. The number of carboxylic acid groups (broad SMARTS) is 1. The van der Waals surface area contributed by atoms with Gasteiger partial charge in [-0.05, 0) is 30.3 Å². The van der Waals surface area contributed by atoms with E-state index in [-0.39, 0.29) is 11.3 Å². The first-order chi connectivity index (χ1) is 9.38. The van der Waals surface area contributed by atoms with Gasteiger partial charge >= 0.3 is 12.1 Å². The topological polar surface area (TPSA) is 62.2 Å². The highest BCUT2D eigenvalue weighted by Crippen LogP contribution is 2.30. The average molecular weight is 282 g/mol. The largest absolute Gasteiger partial charge is 0.478 e. The highest BCUT2D eigenvalue weighted by molar-refractivity contribution is 5.94. The predicted octanol–water partition coefficient (Wildman–Crippen LogP) is 3.54. The van der Waals surface area contributed by atoms with Gasteiger partial charge in [-0.3, -0.25) is 4.98 Å². The summed E-state index contributed by atoms with van der Waals surface area (Å²) in [6.45, 7) is 0. The molecule has 0 aliphatic heterocycles. The van der Waals surface area contributed by atoms with Crippen molar-refractivity contribution in [1.29, 1.82) is 0 Å². The maximum atomic E-state index is 12.4. The molecule has 2 rings (SSSR count). The summed E-state index contributed by atoms with van der Waals surface area (Å²) in [4.78, 5) is 14.8. The molecule has 0 aliphatic carbocycles. The van der Waals surface area contributed by atoms with Crippen molar-refractivity contribution in [2.24, 2.45) is 0 Å². The van der Waals surface area contributed by atoms with Crippen molar-refractivity contribution in [3.63, 3.8) is 0 Å². The van der Waals surface area contributed by atoms with Crippen LogP contribution in [-0.4, -0.2) is 16.1 Å². The van der Waals surface area contributed by atoms with Gasteiger partial charge < -0.3 is 10.4 Å². The predicted molar refractivity (Wildman–Crippen MR) is 65.9 cm³/mol. The normalized spacial score (nSPS) is 11.2. The summed E-state index contributed by atoms with van der Waals surface area (Å²) in [6.07, 6.45) is -1.79. The third-order valence-corrected chi connectivity index (χ3v) is 2.54. The number of rotatable bonds is 3. The highest BCUT2D eigenvalue weighted by Gasteiger charge is 2.29. The number of nitrogens with zero attached hydrogens (tertiary/aromatic N) is 1. The lowest BCUT2D eigenvalue weighted by atomic mass is 10.2. The van der Waals surface area contributed by atoms with Crippen LogP contribution in [0.3, 0.4) is 0 Å². The number of carbonyl (C=O) groups is 1. The second kappa shape index (κ2) is 5.20. The van der Waals surface area contributed by atoms with Crippen molar-refractivity contribution in [3.8, 4) is 0 Å². The van der Waals surface area contributed by atoms with Crippen LogP contribution in [-0.2, 0) is 6.18 Å². The van der Waals surface area contributed by atoms with Gasteiger partial charge in [0.15, 0.2) is 0 Å². The van der Waals surface area contributed by atoms with Gasteiger partial charge in [-0.2, -0.15) is 13.2 Å². The molecule has 0 fully saturated rings. The number of pyridine rings is 1. The van der Waals surface area contributed by atoms with Crippen LogP contribution in [0.5, 0.6) is 0 Å². The van der Waals surface area contributed by atoms with E-state index in [1.807, 2.05) is 0 Å². The average Bonchev–Trinajstić information content (AvgIpc) is 2.38. The molecule has 7 heteroatoms. The fraction of sp³-hybridized carbons (Fsp3) is 0.0769. The number of aromatic carboxylic acids is 1. The fourth-order valence-electron chi connectivity index (χ4n) is 1.58. The quantitative estimate of drug-likeness (QED) is 0.903. The first-order valence-corrected chi connectivity index (χ1v) is 5.49. The minimum Gasteiger partial charge on any atom is -0.478 e. The van der Waals surface area contributed by atoms with E-state index < -0.39 is 17.7 Å². The fourth-order valence-corrected chi connectivity index (χ4v) is 1.58. The summed E-state index contributed by atoms with van der Waals surface area (Å²) in [6, 6.07) is 5.58. The number of nitrogens with one attached hydrogen (secondary N) is 1. The monoisotopic (exact) mass is 282 g/mol. The van der Waals surface area contributed by atoms with Crippen LogP contribution in [0.25, 0.3) is 0 Å². The van der Waals surface area contributed by atoms with E-state index in [1.165, 1.54) is 30.6 Å². The molecule has 0 bridgehead atoms. The summed E-state index contributed by atoms with van der Waals surface area (Å²) >= 11 is 0. The van der Waals surface area contributed by atoms with Gasteiger partial charge in [-0.25, -0.2) is 4.79 Å². The summed E-state index contributed by atoms with van der Waals surface area (Å²) in [5, 5.41) is 11.7. The summed E-state index contributed by atoms with van der Waals surface area (Å²) in [5.74, 6) is -1.15. The van der Waals surface area contributed by atoms with E-state index in [4.69, 9.17) is 5.11 Å². The second-order valence-corrected chi connectivity index (χ2v) is 3.93. The Morgan fingerprint density at radius 1 is 1.15 bits per heavy atom. The molecule has 2 aromatic rings. The molecule has 0 atom stereocenters. The molecule has 104 valence electrons. The van der Waals surface area contributed by atoms with Gasteiger partial charge in [-0.1, -0.05) is 0 Å². The SMILES string of the molecule is O=C(O)c1ccncc1Nc1ccc(C(F)(F)F)cc1. The molecule has 0 radical (unpaired) electrons. The van der Waals surface area contributed by atoms with E-state index in [9.17, 15) is 18.0 Å². The van der Waals surface area contributed by atoms with Gasteiger partial charge in [0.25, 0.3) is 0 Å². The summed E-state index contributed by atoms with van der Waals surface area (Å²) in [7, 11) is 0. The number of alkyl halides is 3. The molecule has 0 aliphatic rings. The van der Waals surface area contributed by atoms with Gasteiger partial charge in [0, 0.05) is 11.9 Å². The minimum atomic E-state index is -4.40. The van der Waals surface area contributed by atoms with Crippen molar-refractivity contribution in [3.05, 3.63) is 53.9 Å². The third kappa shape index (κ3) is 3.05. The molecule has 0 unspecified atom stereocenters. The minimum absolute atomic E-state index is 0.0140. The van der Waals surface area contributed by atoms with Crippen LogP contribution in [0.2, 0.25) is 0 Å². The van der Waals surface area contributed by atoms with Crippen molar-refractivity contribution in [1.82, 2.24) is 4.98 Å².